The first-order chi connectivity index (χ1) is 9.20. The molecule has 2 amide bonds. The summed E-state index contributed by atoms with van der Waals surface area (Å²) in [6.07, 6.45) is 0.589. The van der Waals surface area contributed by atoms with Gasteiger partial charge in [0.2, 0.25) is 11.8 Å². The van der Waals surface area contributed by atoms with Gasteiger partial charge < -0.3 is 15.4 Å². The topological polar surface area (TPSA) is 67.4 Å². The zero-order valence-electron chi connectivity index (χ0n) is 10.9. The molecule has 0 spiro atoms. The molecule has 0 fully saturated rings. The second kappa shape index (κ2) is 6.33. The first-order valence-corrected chi connectivity index (χ1v) is 6.46. The minimum Gasteiger partial charge on any atom is -0.381 e. The number of hydrogen-bond donors (Lipinski definition) is 2. The molecular formula is C14H18N2O3. The van der Waals surface area contributed by atoms with E-state index in [0.29, 0.717) is 19.6 Å². The number of nitrogens with one attached hydrogen (secondary N) is 2. The lowest BCUT2D eigenvalue weighted by Gasteiger charge is -2.26. The van der Waals surface area contributed by atoms with Gasteiger partial charge >= 0.3 is 0 Å². The SMILES string of the molecule is CCOCCC(=O)NC1CC(=O)Nc2ccccc21. The third-order valence-corrected chi connectivity index (χ3v) is 3.01. The molecule has 2 N–H and O–H groups in total. The van der Waals surface area contributed by atoms with Gasteiger partial charge in [-0.15, -0.1) is 0 Å². The first kappa shape index (κ1) is 13.5. The summed E-state index contributed by atoms with van der Waals surface area (Å²) in [6.45, 7) is 2.89. The van der Waals surface area contributed by atoms with Crippen LogP contribution < -0.4 is 10.6 Å². The predicted octanol–water partition coefficient (Wildman–Crippen LogP) is 1.61. The molecule has 0 radical (unpaired) electrons. The summed E-state index contributed by atoms with van der Waals surface area (Å²) in [5.74, 6) is -0.170. The molecule has 0 saturated heterocycles. The Morgan fingerprint density at radius 3 is 3.05 bits per heavy atom. The summed E-state index contributed by atoms with van der Waals surface area (Å²) in [5.41, 5.74) is 1.72. The largest absolute Gasteiger partial charge is 0.381 e. The Hall–Kier alpha value is -1.88. The molecule has 1 aliphatic heterocycles. The van der Waals surface area contributed by atoms with Crippen molar-refractivity contribution in [1.82, 2.24) is 5.32 Å². The van der Waals surface area contributed by atoms with Gasteiger partial charge in [-0.25, -0.2) is 0 Å². The molecule has 1 aliphatic rings. The van der Waals surface area contributed by atoms with Gasteiger partial charge in [0.1, 0.15) is 0 Å². The fraction of sp³-hybridized carbons (Fsp3) is 0.429. The zero-order valence-corrected chi connectivity index (χ0v) is 10.9. The van der Waals surface area contributed by atoms with Gasteiger partial charge in [0.15, 0.2) is 0 Å². The Kier molecular flexibility index (Phi) is 4.52. The third kappa shape index (κ3) is 3.54. The van der Waals surface area contributed by atoms with Crippen LogP contribution in [0.3, 0.4) is 0 Å². The zero-order chi connectivity index (χ0) is 13.7. The van der Waals surface area contributed by atoms with Gasteiger partial charge in [0, 0.05) is 18.7 Å². The molecule has 1 atom stereocenters. The monoisotopic (exact) mass is 262 g/mol. The van der Waals surface area contributed by atoms with Gasteiger partial charge in [0.25, 0.3) is 0 Å². The summed E-state index contributed by atoms with van der Waals surface area (Å²) in [7, 11) is 0. The lowest BCUT2D eigenvalue weighted by molar-refractivity contribution is -0.123. The number of carbonyl (C=O) groups is 2. The molecule has 0 aliphatic carbocycles. The highest BCUT2D eigenvalue weighted by Gasteiger charge is 2.25. The smallest absolute Gasteiger partial charge is 0.226 e. The van der Waals surface area contributed by atoms with E-state index in [1.165, 1.54) is 0 Å². The fourth-order valence-electron chi connectivity index (χ4n) is 2.12. The van der Waals surface area contributed by atoms with Crippen molar-refractivity contribution in [3.63, 3.8) is 0 Å². The van der Waals surface area contributed by atoms with Crippen LogP contribution in [-0.4, -0.2) is 25.0 Å². The fourth-order valence-corrected chi connectivity index (χ4v) is 2.12. The molecule has 1 aromatic carbocycles. The van der Waals surface area contributed by atoms with E-state index < -0.39 is 0 Å². The number of fused-ring (bicyclic) bond motifs is 1. The maximum absolute atomic E-state index is 11.8. The van der Waals surface area contributed by atoms with Crippen molar-refractivity contribution in [1.29, 1.82) is 0 Å². The number of anilines is 1. The highest BCUT2D eigenvalue weighted by atomic mass is 16.5. The number of ether oxygens (including phenoxy) is 1. The Morgan fingerprint density at radius 1 is 1.47 bits per heavy atom. The minimum absolute atomic E-state index is 0.0752. The molecule has 1 unspecified atom stereocenters. The van der Waals surface area contributed by atoms with E-state index in [2.05, 4.69) is 10.6 Å². The van der Waals surface area contributed by atoms with Gasteiger partial charge in [0.05, 0.1) is 19.1 Å². The van der Waals surface area contributed by atoms with E-state index >= 15 is 0 Å². The highest BCUT2D eigenvalue weighted by Crippen LogP contribution is 2.29. The Balaban J connectivity index is 2.00. The predicted molar refractivity (Wildman–Crippen MR) is 71.7 cm³/mol. The van der Waals surface area contributed by atoms with Crippen molar-refractivity contribution in [2.75, 3.05) is 18.5 Å². The molecule has 1 aromatic rings. The molecule has 102 valence electrons. The average Bonchev–Trinajstić information content (AvgIpc) is 2.39. The average molecular weight is 262 g/mol. The number of hydrogen-bond acceptors (Lipinski definition) is 3. The van der Waals surface area contributed by atoms with Crippen LogP contribution in [0.25, 0.3) is 0 Å². The summed E-state index contributed by atoms with van der Waals surface area (Å²) in [6, 6.07) is 7.27. The maximum Gasteiger partial charge on any atom is 0.226 e. The summed E-state index contributed by atoms with van der Waals surface area (Å²) < 4.78 is 5.14. The molecule has 0 bridgehead atoms. The molecule has 19 heavy (non-hydrogen) atoms. The van der Waals surface area contributed by atoms with E-state index in [-0.39, 0.29) is 24.3 Å². The quantitative estimate of drug-likeness (QED) is 0.792. The third-order valence-electron chi connectivity index (χ3n) is 3.01. The Morgan fingerprint density at radius 2 is 2.26 bits per heavy atom. The molecule has 5 nitrogen and oxygen atoms in total. The summed E-state index contributed by atoms with van der Waals surface area (Å²) >= 11 is 0. The summed E-state index contributed by atoms with van der Waals surface area (Å²) in [4.78, 5) is 23.4. The van der Waals surface area contributed by atoms with E-state index in [1.807, 2.05) is 31.2 Å². The van der Waals surface area contributed by atoms with Crippen LogP contribution in [0.5, 0.6) is 0 Å². The Bertz CT molecular complexity index is 474. The molecule has 1 heterocycles. The van der Waals surface area contributed by atoms with Crippen molar-refractivity contribution < 1.29 is 14.3 Å². The number of benzene rings is 1. The molecule has 0 aromatic heterocycles. The highest BCUT2D eigenvalue weighted by molar-refractivity contribution is 5.95. The minimum atomic E-state index is -0.251. The second-order valence-corrected chi connectivity index (χ2v) is 4.41. The van der Waals surface area contributed by atoms with Crippen molar-refractivity contribution >= 4 is 17.5 Å². The molecular weight excluding hydrogens is 244 g/mol. The van der Waals surface area contributed by atoms with Crippen molar-refractivity contribution in [3.05, 3.63) is 29.8 Å². The van der Waals surface area contributed by atoms with Crippen molar-refractivity contribution in [3.8, 4) is 0 Å². The Labute approximate surface area is 112 Å². The normalized spacial score (nSPS) is 17.5. The van der Waals surface area contributed by atoms with E-state index in [9.17, 15) is 9.59 Å². The van der Waals surface area contributed by atoms with Gasteiger partial charge in [-0.2, -0.15) is 0 Å². The van der Waals surface area contributed by atoms with E-state index in [0.717, 1.165) is 11.3 Å². The van der Waals surface area contributed by atoms with Gasteiger partial charge in [-0.3, -0.25) is 9.59 Å². The maximum atomic E-state index is 11.8. The van der Waals surface area contributed by atoms with E-state index in [4.69, 9.17) is 4.74 Å². The van der Waals surface area contributed by atoms with Crippen LogP contribution in [0.4, 0.5) is 5.69 Å². The van der Waals surface area contributed by atoms with Crippen LogP contribution >= 0.6 is 0 Å². The van der Waals surface area contributed by atoms with Crippen molar-refractivity contribution in [2.24, 2.45) is 0 Å². The van der Waals surface area contributed by atoms with E-state index in [1.54, 1.807) is 0 Å². The van der Waals surface area contributed by atoms with Crippen LogP contribution in [0, 0.1) is 0 Å². The van der Waals surface area contributed by atoms with Gasteiger partial charge in [-0.05, 0) is 18.6 Å². The first-order valence-electron chi connectivity index (χ1n) is 6.46. The molecule has 2 rings (SSSR count). The van der Waals surface area contributed by atoms with Crippen LogP contribution in [0.2, 0.25) is 0 Å². The lowest BCUT2D eigenvalue weighted by Crippen LogP contribution is -2.35. The van der Waals surface area contributed by atoms with Crippen LogP contribution in [-0.2, 0) is 14.3 Å². The summed E-state index contributed by atoms with van der Waals surface area (Å²) in [5, 5.41) is 5.69. The van der Waals surface area contributed by atoms with Crippen LogP contribution in [0.1, 0.15) is 31.4 Å². The number of amides is 2. The number of carbonyl (C=O) groups excluding carboxylic acids is 2. The molecule has 5 heteroatoms. The number of para-hydroxylation sites is 1. The lowest BCUT2D eigenvalue weighted by atomic mass is 9.97. The van der Waals surface area contributed by atoms with Gasteiger partial charge in [-0.1, -0.05) is 18.2 Å². The standard InChI is InChI=1S/C14H18N2O3/c1-2-19-8-7-13(17)16-12-9-14(18)15-11-6-4-3-5-10(11)12/h3-6,12H,2,7-9H2,1H3,(H,15,18)(H,16,17). The number of rotatable bonds is 5. The molecule has 0 saturated carbocycles. The van der Waals surface area contributed by atoms with Crippen molar-refractivity contribution in [2.45, 2.75) is 25.8 Å². The second-order valence-electron chi connectivity index (χ2n) is 4.41. The van der Waals surface area contributed by atoms with Crippen LogP contribution in [0.15, 0.2) is 24.3 Å².